The summed E-state index contributed by atoms with van der Waals surface area (Å²) >= 11 is 0. The van der Waals surface area contributed by atoms with Gasteiger partial charge in [0.1, 0.15) is 12.7 Å². The maximum atomic E-state index is 12.5. The van der Waals surface area contributed by atoms with Gasteiger partial charge >= 0.3 is 13.8 Å². The normalized spacial score (nSPS) is 14.5. The van der Waals surface area contributed by atoms with Crippen molar-refractivity contribution in [2.45, 2.75) is 174 Å². The Morgan fingerprint density at radius 3 is 1.64 bits per heavy atom. The van der Waals surface area contributed by atoms with Crippen molar-refractivity contribution in [1.82, 2.24) is 0 Å². The number of aliphatic hydroxyl groups excluding tert-OH is 2. The summed E-state index contributed by atoms with van der Waals surface area (Å²) in [6.07, 6.45) is 28.3. The van der Waals surface area contributed by atoms with Crippen LogP contribution in [0.1, 0.15) is 162 Å². The lowest BCUT2D eigenvalue weighted by Gasteiger charge is -2.20. The van der Waals surface area contributed by atoms with E-state index in [0.717, 1.165) is 32.1 Å². The minimum Gasteiger partial charge on any atom is -0.498 e. The Bertz CT molecular complexity index is 704. The van der Waals surface area contributed by atoms with E-state index in [9.17, 15) is 19.4 Å². The molecule has 0 aliphatic carbocycles. The van der Waals surface area contributed by atoms with Crippen molar-refractivity contribution in [3.05, 3.63) is 12.3 Å². The predicted molar refractivity (Wildman–Crippen MR) is 177 cm³/mol. The number of hydrogen-bond donors (Lipinski definition) is 3. The minimum atomic E-state index is -4.51. The molecule has 44 heavy (non-hydrogen) atoms. The first-order valence-electron chi connectivity index (χ1n) is 17.7. The molecule has 3 N–H and O–H groups in total. The van der Waals surface area contributed by atoms with Crippen LogP contribution >= 0.6 is 7.82 Å². The number of allylic oxidation sites excluding steroid dienone is 1. The number of unbranched alkanes of at least 4 members (excludes halogenated alkanes) is 20. The van der Waals surface area contributed by atoms with E-state index in [1.807, 2.05) is 6.08 Å². The van der Waals surface area contributed by atoms with Crippen LogP contribution in [0, 0.1) is 0 Å². The summed E-state index contributed by atoms with van der Waals surface area (Å²) in [6, 6.07) is 0. The van der Waals surface area contributed by atoms with E-state index in [-0.39, 0.29) is 13.0 Å². The minimum absolute atomic E-state index is 0.0300. The van der Waals surface area contributed by atoms with Gasteiger partial charge in [0, 0.05) is 6.42 Å². The maximum Gasteiger partial charge on any atom is 0.472 e. The van der Waals surface area contributed by atoms with Crippen molar-refractivity contribution < 1.29 is 43.0 Å². The van der Waals surface area contributed by atoms with Crippen LogP contribution in [0.15, 0.2) is 12.3 Å². The van der Waals surface area contributed by atoms with Crippen molar-refractivity contribution in [3.8, 4) is 0 Å². The summed E-state index contributed by atoms with van der Waals surface area (Å²) in [5.41, 5.74) is 0. The zero-order valence-corrected chi connectivity index (χ0v) is 29.0. The van der Waals surface area contributed by atoms with Crippen LogP contribution in [0.25, 0.3) is 0 Å². The second-order valence-corrected chi connectivity index (χ2v) is 13.4. The number of esters is 1. The molecule has 0 aliphatic heterocycles. The van der Waals surface area contributed by atoms with Gasteiger partial charge in [-0.1, -0.05) is 136 Å². The van der Waals surface area contributed by atoms with Gasteiger partial charge in [-0.3, -0.25) is 13.8 Å². The molecule has 0 aliphatic rings. The van der Waals surface area contributed by atoms with Crippen LogP contribution in [0.5, 0.6) is 0 Å². The van der Waals surface area contributed by atoms with Crippen LogP contribution in [-0.2, 0) is 27.9 Å². The largest absolute Gasteiger partial charge is 0.498 e. The van der Waals surface area contributed by atoms with Crippen molar-refractivity contribution in [2.75, 3.05) is 26.4 Å². The predicted octanol–water partition coefficient (Wildman–Crippen LogP) is 8.93. The van der Waals surface area contributed by atoms with Gasteiger partial charge in [-0.15, -0.1) is 0 Å². The third-order valence-corrected chi connectivity index (χ3v) is 8.50. The molecule has 0 rings (SSSR count). The molecule has 0 saturated carbocycles. The summed E-state index contributed by atoms with van der Waals surface area (Å²) in [5, 5.41) is 18.2. The number of aliphatic hydroxyl groups is 2. The quantitative estimate of drug-likeness (QED) is 0.0270. The highest BCUT2D eigenvalue weighted by molar-refractivity contribution is 7.47. The fourth-order valence-electron chi connectivity index (χ4n) is 4.79. The second kappa shape index (κ2) is 32.0. The maximum absolute atomic E-state index is 12.5. The molecule has 10 heteroatoms. The number of carbonyl (C=O) groups is 1. The Morgan fingerprint density at radius 2 is 1.14 bits per heavy atom. The fourth-order valence-corrected chi connectivity index (χ4v) is 5.58. The lowest BCUT2D eigenvalue weighted by atomic mass is 10.1. The van der Waals surface area contributed by atoms with E-state index in [1.165, 1.54) is 109 Å². The van der Waals surface area contributed by atoms with Gasteiger partial charge in [0.2, 0.25) is 0 Å². The average Bonchev–Trinajstić information content (AvgIpc) is 3.01. The first kappa shape index (κ1) is 43.0. The Hall–Kier alpha value is -0.960. The van der Waals surface area contributed by atoms with E-state index >= 15 is 0 Å². The first-order chi connectivity index (χ1) is 21.3. The average molecular weight is 651 g/mol. The van der Waals surface area contributed by atoms with Crippen molar-refractivity contribution in [3.63, 3.8) is 0 Å². The number of carbonyl (C=O) groups excluding carboxylic acids is 1. The van der Waals surface area contributed by atoms with Gasteiger partial charge < -0.3 is 24.6 Å². The molecule has 262 valence electrons. The molecular weight excluding hydrogens is 583 g/mol. The van der Waals surface area contributed by atoms with Gasteiger partial charge in [0.15, 0.2) is 6.10 Å². The van der Waals surface area contributed by atoms with Crippen LogP contribution in [0.2, 0.25) is 0 Å². The molecule has 2 unspecified atom stereocenters. The molecule has 0 aromatic heterocycles. The molecule has 0 aromatic rings. The van der Waals surface area contributed by atoms with Gasteiger partial charge in [0.25, 0.3) is 0 Å². The summed E-state index contributed by atoms with van der Waals surface area (Å²) in [7, 11) is -4.51. The second-order valence-electron chi connectivity index (χ2n) is 12.0. The standard InChI is InChI=1S/C34H67O9P/c1-3-5-7-9-11-13-15-17-19-21-23-25-27-40-30-33(31-42-44(38,39)41-29-32(36)28-35)43-34(37)26-24-22-20-18-16-14-12-10-8-6-4-2/h25,27,32-33,35-36H,3-24,26,28-31H2,1-2H3,(H,38,39)/b27-25-/t32?,33-/m1/s1. The smallest absolute Gasteiger partial charge is 0.472 e. The zero-order chi connectivity index (χ0) is 32.6. The Kier molecular flexibility index (Phi) is 31.3. The summed E-state index contributed by atoms with van der Waals surface area (Å²) in [6.45, 7) is 2.86. The highest BCUT2D eigenvalue weighted by Gasteiger charge is 2.26. The Morgan fingerprint density at radius 1 is 0.682 bits per heavy atom. The molecule has 0 radical (unpaired) electrons. The van der Waals surface area contributed by atoms with Crippen LogP contribution in [0.4, 0.5) is 0 Å². The topological polar surface area (TPSA) is 132 Å². The zero-order valence-electron chi connectivity index (χ0n) is 28.1. The number of ether oxygens (including phenoxy) is 2. The summed E-state index contributed by atoms with van der Waals surface area (Å²) in [4.78, 5) is 22.3. The molecule has 0 heterocycles. The summed E-state index contributed by atoms with van der Waals surface area (Å²) < 4.78 is 32.9. The SMILES string of the molecule is CCCCCCCCCCCC/C=C\OC[C@H](COP(=O)(O)OCC(O)CO)OC(=O)CCCCCCCCCCCCC. The van der Waals surface area contributed by atoms with Crippen molar-refractivity contribution in [1.29, 1.82) is 0 Å². The number of phosphoric acid groups is 1. The molecule has 0 spiro atoms. The highest BCUT2D eigenvalue weighted by Crippen LogP contribution is 2.43. The van der Waals surface area contributed by atoms with Crippen LogP contribution in [0.3, 0.4) is 0 Å². The van der Waals surface area contributed by atoms with E-state index in [2.05, 4.69) is 13.8 Å². The van der Waals surface area contributed by atoms with E-state index in [4.69, 9.17) is 23.6 Å². The lowest BCUT2D eigenvalue weighted by Crippen LogP contribution is -2.28. The van der Waals surface area contributed by atoms with Gasteiger partial charge in [-0.25, -0.2) is 4.57 Å². The molecule has 9 nitrogen and oxygen atoms in total. The van der Waals surface area contributed by atoms with Gasteiger partial charge in [-0.2, -0.15) is 0 Å². The van der Waals surface area contributed by atoms with Gasteiger partial charge in [-0.05, 0) is 25.3 Å². The number of phosphoric ester groups is 1. The third kappa shape index (κ3) is 31.0. The van der Waals surface area contributed by atoms with Gasteiger partial charge in [0.05, 0.1) is 26.1 Å². The molecule has 0 aromatic carbocycles. The van der Waals surface area contributed by atoms with Crippen molar-refractivity contribution in [2.24, 2.45) is 0 Å². The van der Waals surface area contributed by atoms with Crippen LogP contribution in [-0.4, -0.2) is 59.7 Å². The molecule has 0 fully saturated rings. The van der Waals surface area contributed by atoms with E-state index in [1.54, 1.807) is 6.26 Å². The number of hydrogen-bond acceptors (Lipinski definition) is 8. The van der Waals surface area contributed by atoms with Crippen LogP contribution < -0.4 is 0 Å². The van der Waals surface area contributed by atoms with Crippen molar-refractivity contribution >= 4 is 13.8 Å². The molecule has 3 atom stereocenters. The summed E-state index contributed by atoms with van der Waals surface area (Å²) in [5.74, 6) is -0.406. The highest BCUT2D eigenvalue weighted by atomic mass is 31.2. The number of rotatable bonds is 34. The Balaban J connectivity index is 4.32. The monoisotopic (exact) mass is 650 g/mol. The first-order valence-corrected chi connectivity index (χ1v) is 19.2. The molecular formula is C34H67O9P. The van der Waals surface area contributed by atoms with E-state index in [0.29, 0.717) is 0 Å². The van der Waals surface area contributed by atoms with E-state index < -0.39 is 45.8 Å². The molecule has 0 bridgehead atoms. The molecule has 0 saturated heterocycles. The fraction of sp³-hybridized carbons (Fsp3) is 0.912. The molecule has 0 amide bonds. The Labute approximate surface area is 269 Å². The lowest BCUT2D eigenvalue weighted by molar-refractivity contribution is -0.153. The third-order valence-electron chi connectivity index (χ3n) is 7.55.